The molecule has 0 N–H and O–H groups in total. The average Bonchev–Trinajstić information content (AvgIpc) is 2.81. The van der Waals surface area contributed by atoms with Crippen molar-refractivity contribution in [3.63, 3.8) is 0 Å². The van der Waals surface area contributed by atoms with E-state index >= 15 is 0 Å². The van der Waals surface area contributed by atoms with Gasteiger partial charge in [-0.2, -0.15) is 0 Å². The van der Waals surface area contributed by atoms with Gasteiger partial charge in [0.05, 0.1) is 12.5 Å². The number of hydrogen-bond acceptors (Lipinski definition) is 2. The smallest absolute Gasteiger partial charge is 0.230 e. The summed E-state index contributed by atoms with van der Waals surface area (Å²) in [6.45, 7) is 1.78. The third-order valence-electron chi connectivity index (χ3n) is 4.72. The van der Waals surface area contributed by atoms with Crippen LogP contribution < -0.4 is 4.90 Å². The van der Waals surface area contributed by atoms with Gasteiger partial charge >= 0.3 is 0 Å². The van der Waals surface area contributed by atoms with E-state index in [9.17, 15) is 18.4 Å². The molecule has 158 valence electrons. The van der Waals surface area contributed by atoms with Crippen LogP contribution in [0, 0.1) is 24.5 Å². The van der Waals surface area contributed by atoms with E-state index in [1.54, 1.807) is 24.0 Å². The maximum absolute atomic E-state index is 12.9. The van der Waals surface area contributed by atoms with Crippen molar-refractivity contribution in [2.75, 3.05) is 4.90 Å². The SMILES string of the molecule is C#C.CCC(=O)c1ccc(F)cc1.O=C1C[C@@H](c2ccccc2)N1c1ccc(F)cc1. The van der Waals surface area contributed by atoms with Gasteiger partial charge in [-0.3, -0.25) is 9.59 Å². The molecule has 4 rings (SSSR count). The van der Waals surface area contributed by atoms with Crippen LogP contribution in [0.2, 0.25) is 0 Å². The molecule has 3 aromatic carbocycles. The predicted molar refractivity (Wildman–Crippen MR) is 119 cm³/mol. The van der Waals surface area contributed by atoms with E-state index in [0.29, 0.717) is 18.4 Å². The number of nitrogens with zero attached hydrogens (tertiary/aromatic N) is 1. The van der Waals surface area contributed by atoms with E-state index in [0.717, 1.165) is 11.3 Å². The van der Waals surface area contributed by atoms with Gasteiger partial charge < -0.3 is 4.90 Å². The van der Waals surface area contributed by atoms with Gasteiger partial charge in [0.15, 0.2) is 5.78 Å². The van der Waals surface area contributed by atoms with Crippen LogP contribution in [0.15, 0.2) is 78.9 Å². The van der Waals surface area contributed by atoms with Crippen molar-refractivity contribution < 1.29 is 18.4 Å². The number of benzene rings is 3. The summed E-state index contributed by atoms with van der Waals surface area (Å²) >= 11 is 0. The van der Waals surface area contributed by atoms with Gasteiger partial charge in [-0.1, -0.05) is 37.3 Å². The highest BCUT2D eigenvalue weighted by Crippen LogP contribution is 2.38. The van der Waals surface area contributed by atoms with Crippen LogP contribution in [-0.4, -0.2) is 11.7 Å². The molecule has 1 fully saturated rings. The minimum absolute atomic E-state index is 0.0463. The highest BCUT2D eigenvalue weighted by atomic mass is 19.1. The Morgan fingerprint density at radius 3 is 1.90 bits per heavy atom. The zero-order valence-electron chi connectivity index (χ0n) is 17.2. The predicted octanol–water partition coefficient (Wildman–Crippen LogP) is 5.97. The first-order valence-electron chi connectivity index (χ1n) is 9.74. The normalized spacial score (nSPS) is 14.3. The Balaban J connectivity index is 0.000000226. The molecule has 0 radical (unpaired) electrons. The summed E-state index contributed by atoms with van der Waals surface area (Å²) in [6, 6.07) is 21.6. The van der Waals surface area contributed by atoms with Crippen LogP contribution in [0.4, 0.5) is 14.5 Å². The van der Waals surface area contributed by atoms with Crippen molar-refractivity contribution in [3.8, 4) is 12.8 Å². The number of β-lactam (4-membered cyclic amide) rings is 1. The van der Waals surface area contributed by atoms with Crippen LogP contribution in [0.5, 0.6) is 0 Å². The van der Waals surface area contributed by atoms with Crippen LogP contribution in [0.1, 0.15) is 41.7 Å². The van der Waals surface area contributed by atoms with E-state index in [1.807, 2.05) is 30.3 Å². The summed E-state index contributed by atoms with van der Waals surface area (Å²) in [5.74, 6) is -0.471. The van der Waals surface area contributed by atoms with Gasteiger partial charge in [-0.05, 0) is 54.1 Å². The van der Waals surface area contributed by atoms with Crippen molar-refractivity contribution in [2.24, 2.45) is 0 Å². The van der Waals surface area contributed by atoms with Crippen molar-refractivity contribution in [3.05, 3.63) is 102 Å². The first-order valence-corrected chi connectivity index (χ1v) is 9.74. The number of terminal acetylenes is 1. The number of halogens is 2. The van der Waals surface area contributed by atoms with Gasteiger partial charge in [0.2, 0.25) is 5.91 Å². The molecule has 31 heavy (non-hydrogen) atoms. The molecule has 5 heteroatoms. The number of anilines is 1. The Bertz CT molecular complexity index is 1010. The Morgan fingerprint density at radius 2 is 1.42 bits per heavy atom. The number of hydrogen-bond donors (Lipinski definition) is 0. The zero-order valence-corrected chi connectivity index (χ0v) is 17.2. The quantitative estimate of drug-likeness (QED) is 0.297. The van der Waals surface area contributed by atoms with E-state index < -0.39 is 0 Å². The second-order valence-electron chi connectivity index (χ2n) is 6.65. The fraction of sp³-hybridized carbons (Fsp3) is 0.154. The van der Waals surface area contributed by atoms with Crippen LogP contribution in [-0.2, 0) is 4.79 Å². The molecule has 1 atom stereocenters. The summed E-state index contributed by atoms with van der Waals surface area (Å²) < 4.78 is 25.2. The molecule has 3 nitrogen and oxygen atoms in total. The van der Waals surface area contributed by atoms with Crippen molar-refractivity contribution in [1.82, 2.24) is 0 Å². The average molecular weight is 419 g/mol. The minimum atomic E-state index is -0.308. The summed E-state index contributed by atoms with van der Waals surface area (Å²) in [6.07, 6.45) is 8.98. The number of carbonyl (C=O) groups is 2. The Labute approximate surface area is 181 Å². The van der Waals surface area contributed by atoms with Crippen LogP contribution >= 0.6 is 0 Å². The van der Waals surface area contributed by atoms with Gasteiger partial charge in [0, 0.05) is 17.7 Å². The molecular formula is C26H23F2NO2. The lowest BCUT2D eigenvalue weighted by Gasteiger charge is -2.40. The van der Waals surface area contributed by atoms with Gasteiger partial charge in [-0.25, -0.2) is 8.78 Å². The molecule has 0 bridgehead atoms. The first-order chi connectivity index (χ1) is 15.0. The Hall–Kier alpha value is -3.78. The topological polar surface area (TPSA) is 37.4 Å². The largest absolute Gasteiger partial charge is 0.304 e. The third-order valence-corrected chi connectivity index (χ3v) is 4.72. The van der Waals surface area contributed by atoms with Crippen molar-refractivity contribution >= 4 is 17.4 Å². The number of Topliss-reactive ketones (excluding diaryl/α,β-unsaturated/α-hetero) is 1. The number of rotatable bonds is 4. The second-order valence-corrected chi connectivity index (χ2v) is 6.65. The lowest BCUT2D eigenvalue weighted by Crippen LogP contribution is -2.46. The maximum atomic E-state index is 12.9. The van der Waals surface area contributed by atoms with Crippen LogP contribution in [0.25, 0.3) is 0 Å². The molecule has 1 heterocycles. The van der Waals surface area contributed by atoms with E-state index in [4.69, 9.17) is 0 Å². The van der Waals surface area contributed by atoms with E-state index in [1.165, 1.54) is 36.4 Å². The molecular weight excluding hydrogens is 396 g/mol. The molecule has 1 aliphatic heterocycles. The molecule has 0 aromatic heterocycles. The zero-order chi connectivity index (χ0) is 22.8. The number of carbonyl (C=O) groups excluding carboxylic acids is 2. The lowest BCUT2D eigenvalue weighted by molar-refractivity contribution is -0.124. The maximum Gasteiger partial charge on any atom is 0.230 e. The molecule has 0 saturated carbocycles. The minimum Gasteiger partial charge on any atom is -0.304 e. The summed E-state index contributed by atoms with van der Waals surface area (Å²) in [4.78, 5) is 24.5. The number of ketones is 1. The molecule has 3 aromatic rings. The van der Waals surface area contributed by atoms with Gasteiger partial charge in [0.25, 0.3) is 0 Å². The van der Waals surface area contributed by atoms with E-state index in [-0.39, 0.29) is 29.4 Å². The Kier molecular flexibility index (Phi) is 8.65. The second kappa shape index (κ2) is 11.4. The van der Waals surface area contributed by atoms with E-state index in [2.05, 4.69) is 12.8 Å². The molecule has 0 unspecified atom stereocenters. The summed E-state index contributed by atoms with van der Waals surface area (Å²) in [5, 5.41) is 0. The highest BCUT2D eigenvalue weighted by Gasteiger charge is 2.37. The Morgan fingerprint density at radius 1 is 0.903 bits per heavy atom. The molecule has 1 aliphatic rings. The molecule has 0 spiro atoms. The standard InChI is InChI=1S/C15H12FNO.C9H9FO.C2H2/c16-12-6-8-13(9-7-12)17-14(10-15(17)18)11-4-2-1-3-5-11;1-2-9(11)7-3-5-8(10)6-4-7;1-2/h1-9,14H,10H2;3-6H,2H2,1H3;1-2H/t14-;;/m0../s1. The number of amides is 1. The molecule has 1 saturated heterocycles. The highest BCUT2D eigenvalue weighted by molar-refractivity contribution is 6.01. The lowest BCUT2D eigenvalue weighted by atomic mass is 9.93. The summed E-state index contributed by atoms with van der Waals surface area (Å²) in [7, 11) is 0. The van der Waals surface area contributed by atoms with Gasteiger partial charge in [0.1, 0.15) is 11.6 Å². The van der Waals surface area contributed by atoms with Gasteiger partial charge in [-0.15, -0.1) is 12.8 Å². The fourth-order valence-electron chi connectivity index (χ4n) is 3.12. The van der Waals surface area contributed by atoms with Crippen molar-refractivity contribution in [2.45, 2.75) is 25.8 Å². The monoisotopic (exact) mass is 419 g/mol. The summed E-state index contributed by atoms with van der Waals surface area (Å²) in [5.41, 5.74) is 2.44. The third kappa shape index (κ3) is 6.10. The first kappa shape index (κ1) is 23.5. The molecule has 0 aliphatic carbocycles. The fourth-order valence-corrected chi connectivity index (χ4v) is 3.12. The molecule has 1 amide bonds. The van der Waals surface area contributed by atoms with Crippen LogP contribution in [0.3, 0.4) is 0 Å². The van der Waals surface area contributed by atoms with Crippen molar-refractivity contribution in [1.29, 1.82) is 0 Å².